The lowest BCUT2D eigenvalue weighted by atomic mass is 9.90. The van der Waals surface area contributed by atoms with Crippen LogP contribution >= 0.6 is 23.2 Å². The number of carboxylic acid groups (broad SMARTS) is 1. The number of halogens is 2. The Balaban J connectivity index is 1.40. The van der Waals surface area contributed by atoms with Crippen LogP contribution in [-0.2, 0) is 17.8 Å². The fourth-order valence-electron chi connectivity index (χ4n) is 4.89. The van der Waals surface area contributed by atoms with Crippen molar-refractivity contribution in [2.75, 3.05) is 25.0 Å². The summed E-state index contributed by atoms with van der Waals surface area (Å²) in [6.07, 6.45) is 3.18. The molecule has 8 heteroatoms. The first-order valence-corrected chi connectivity index (χ1v) is 13.2. The number of carboxylic acids is 1. The van der Waals surface area contributed by atoms with Crippen molar-refractivity contribution >= 4 is 45.1 Å². The first kappa shape index (κ1) is 26.5. The van der Waals surface area contributed by atoms with E-state index in [9.17, 15) is 9.90 Å². The van der Waals surface area contributed by atoms with Crippen LogP contribution in [0.1, 0.15) is 55.4 Å². The Bertz CT molecular complexity index is 1170. The molecule has 2 aromatic carbocycles. The fraction of sp³-hybridized carbons (Fsp3) is 0.429. The van der Waals surface area contributed by atoms with Crippen molar-refractivity contribution < 1.29 is 14.6 Å². The first-order valence-electron chi connectivity index (χ1n) is 12.4. The molecule has 1 aliphatic carbocycles. The number of piperidine rings is 1. The van der Waals surface area contributed by atoms with Gasteiger partial charge in [0.25, 0.3) is 0 Å². The number of hydrogen-bond donors (Lipinski definition) is 3. The van der Waals surface area contributed by atoms with E-state index in [1.165, 1.54) is 11.1 Å². The van der Waals surface area contributed by atoms with E-state index in [0.29, 0.717) is 25.0 Å². The van der Waals surface area contributed by atoms with E-state index >= 15 is 0 Å². The van der Waals surface area contributed by atoms with E-state index in [4.69, 9.17) is 33.3 Å². The number of carbonyl (C=O) groups is 1. The number of aliphatic carboxylic acids is 1. The summed E-state index contributed by atoms with van der Waals surface area (Å²) in [7, 11) is 0. The molecular weight excluding hydrogens is 497 g/mol. The number of likely N-dealkylation sites (tertiary alicyclic amines) is 1. The van der Waals surface area contributed by atoms with Crippen molar-refractivity contribution in [2.45, 2.75) is 52.2 Å². The van der Waals surface area contributed by atoms with Gasteiger partial charge in [0.1, 0.15) is 17.5 Å². The third kappa shape index (κ3) is 6.41. The van der Waals surface area contributed by atoms with Crippen LogP contribution in [0.5, 0.6) is 5.75 Å². The molecule has 0 atom stereocenters. The number of hydrogen-bond acceptors (Lipinski definition) is 5. The zero-order valence-corrected chi connectivity index (χ0v) is 22.3. The number of benzene rings is 2. The first-order chi connectivity index (χ1) is 17.2. The van der Waals surface area contributed by atoms with Gasteiger partial charge < -0.3 is 15.2 Å². The van der Waals surface area contributed by atoms with Crippen LogP contribution in [-0.4, -0.2) is 46.8 Å². The summed E-state index contributed by atoms with van der Waals surface area (Å²) in [4.78, 5) is 13.5. The Kier molecular flexibility index (Phi) is 8.60. The number of anilines is 1. The maximum absolute atomic E-state index is 11.2. The standard InChI is InChI=1S/C28H33Cl2N3O3/c1-17(2)32-25-8-3-18(13-24(25)27(30)31)16-36-22-6-7-23-20(14-22)4-5-21(26(23)29)15-33-11-9-19(10-12-33)28(34)35/h3,6-8,13-14,17,19,31-32H,4-5,9-12,15-16H2,1-2H3,(H,34,35). The third-order valence-corrected chi connectivity index (χ3v) is 7.52. The molecule has 1 saturated heterocycles. The van der Waals surface area contributed by atoms with Crippen LogP contribution in [0, 0.1) is 11.3 Å². The molecule has 1 aliphatic heterocycles. The molecule has 3 N–H and O–H groups in total. The van der Waals surface area contributed by atoms with Gasteiger partial charge in [0, 0.05) is 28.9 Å². The minimum absolute atomic E-state index is 0.00253. The van der Waals surface area contributed by atoms with Crippen molar-refractivity contribution in [1.82, 2.24) is 4.90 Å². The van der Waals surface area contributed by atoms with Gasteiger partial charge >= 0.3 is 5.97 Å². The van der Waals surface area contributed by atoms with Gasteiger partial charge in [0.15, 0.2) is 0 Å². The predicted molar refractivity (Wildman–Crippen MR) is 147 cm³/mol. The SMILES string of the molecule is CC(C)Nc1ccc(COc2ccc3c(c2)CCC(CN2CCC(C(=O)O)CC2)=C3Cl)cc1C(=N)Cl. The Labute approximate surface area is 222 Å². The Morgan fingerprint density at radius 2 is 1.94 bits per heavy atom. The van der Waals surface area contributed by atoms with Crippen LogP contribution in [0.25, 0.3) is 5.03 Å². The molecular formula is C28H33Cl2N3O3. The lowest BCUT2D eigenvalue weighted by Crippen LogP contribution is -2.37. The number of fused-ring (bicyclic) bond motifs is 1. The second-order valence-electron chi connectivity index (χ2n) is 9.91. The molecule has 2 aliphatic rings. The number of aryl methyl sites for hydroxylation is 1. The van der Waals surface area contributed by atoms with Crippen LogP contribution in [0.3, 0.4) is 0 Å². The largest absolute Gasteiger partial charge is 0.489 e. The fourth-order valence-corrected chi connectivity index (χ4v) is 5.38. The number of ether oxygens (including phenoxy) is 1. The molecule has 0 saturated carbocycles. The van der Waals surface area contributed by atoms with Gasteiger partial charge in [-0.15, -0.1) is 0 Å². The summed E-state index contributed by atoms with van der Waals surface area (Å²) < 4.78 is 6.08. The van der Waals surface area contributed by atoms with E-state index in [1.54, 1.807) is 0 Å². The van der Waals surface area contributed by atoms with E-state index in [2.05, 4.69) is 16.3 Å². The summed E-state index contributed by atoms with van der Waals surface area (Å²) >= 11 is 12.8. The number of nitrogens with zero attached hydrogens (tertiary/aromatic N) is 1. The zero-order valence-electron chi connectivity index (χ0n) is 20.7. The van der Waals surface area contributed by atoms with Crippen molar-refractivity contribution in [3.8, 4) is 5.75 Å². The summed E-state index contributed by atoms with van der Waals surface area (Å²) in [6.45, 7) is 6.85. The average molecular weight is 530 g/mol. The summed E-state index contributed by atoms with van der Waals surface area (Å²) in [5, 5.41) is 21.2. The van der Waals surface area contributed by atoms with Gasteiger partial charge in [-0.25, -0.2) is 0 Å². The van der Waals surface area contributed by atoms with Crippen molar-refractivity contribution in [2.24, 2.45) is 5.92 Å². The summed E-state index contributed by atoms with van der Waals surface area (Å²) in [5.74, 6) is -0.126. The minimum Gasteiger partial charge on any atom is -0.489 e. The highest BCUT2D eigenvalue weighted by Crippen LogP contribution is 2.37. The monoisotopic (exact) mass is 529 g/mol. The number of nitrogens with one attached hydrogen (secondary N) is 2. The summed E-state index contributed by atoms with van der Waals surface area (Å²) in [6, 6.07) is 12.1. The van der Waals surface area contributed by atoms with Crippen molar-refractivity contribution in [1.29, 1.82) is 5.41 Å². The maximum atomic E-state index is 11.2. The van der Waals surface area contributed by atoms with E-state index in [1.807, 2.05) is 44.2 Å². The molecule has 0 unspecified atom stereocenters. The van der Waals surface area contributed by atoms with Crippen LogP contribution in [0.4, 0.5) is 5.69 Å². The maximum Gasteiger partial charge on any atom is 0.306 e. The van der Waals surface area contributed by atoms with Gasteiger partial charge in [-0.3, -0.25) is 15.1 Å². The van der Waals surface area contributed by atoms with Crippen LogP contribution in [0.2, 0.25) is 0 Å². The Morgan fingerprint density at radius 3 is 2.61 bits per heavy atom. The van der Waals surface area contributed by atoms with E-state index < -0.39 is 5.97 Å². The molecule has 0 amide bonds. The topological polar surface area (TPSA) is 85.7 Å². The van der Waals surface area contributed by atoms with Gasteiger partial charge in [-0.2, -0.15) is 0 Å². The Morgan fingerprint density at radius 1 is 1.19 bits per heavy atom. The molecule has 0 radical (unpaired) electrons. The lowest BCUT2D eigenvalue weighted by Gasteiger charge is -2.32. The molecule has 2 aromatic rings. The molecule has 0 spiro atoms. The van der Waals surface area contributed by atoms with Gasteiger partial charge in [-0.05, 0) is 105 Å². The molecule has 0 aromatic heterocycles. The molecule has 36 heavy (non-hydrogen) atoms. The van der Waals surface area contributed by atoms with Crippen molar-refractivity contribution in [3.05, 3.63) is 64.2 Å². The van der Waals surface area contributed by atoms with Gasteiger partial charge in [0.2, 0.25) is 0 Å². The van der Waals surface area contributed by atoms with E-state index in [-0.39, 0.29) is 17.1 Å². The second kappa shape index (κ2) is 11.7. The van der Waals surface area contributed by atoms with Gasteiger partial charge in [0.05, 0.1) is 5.92 Å². The van der Waals surface area contributed by atoms with Gasteiger partial charge in [-0.1, -0.05) is 29.3 Å². The molecule has 1 heterocycles. The molecule has 1 fully saturated rings. The number of rotatable bonds is 9. The highest BCUT2D eigenvalue weighted by Gasteiger charge is 2.26. The van der Waals surface area contributed by atoms with Crippen LogP contribution < -0.4 is 10.1 Å². The zero-order chi connectivity index (χ0) is 25.8. The molecule has 0 bridgehead atoms. The average Bonchev–Trinajstić information content (AvgIpc) is 2.85. The smallest absolute Gasteiger partial charge is 0.306 e. The second-order valence-corrected chi connectivity index (χ2v) is 10.7. The lowest BCUT2D eigenvalue weighted by molar-refractivity contribution is -0.143. The predicted octanol–water partition coefficient (Wildman–Crippen LogP) is 6.34. The highest BCUT2D eigenvalue weighted by atomic mass is 35.5. The highest BCUT2D eigenvalue weighted by molar-refractivity contribution is 6.69. The Hall–Kier alpha value is -2.54. The molecule has 6 nitrogen and oxygen atoms in total. The third-order valence-electron chi connectivity index (χ3n) is 6.84. The normalized spacial score (nSPS) is 16.7. The molecule has 192 valence electrons. The van der Waals surface area contributed by atoms with Crippen LogP contribution in [0.15, 0.2) is 42.0 Å². The van der Waals surface area contributed by atoms with E-state index in [0.717, 1.165) is 60.1 Å². The van der Waals surface area contributed by atoms with Crippen molar-refractivity contribution in [3.63, 3.8) is 0 Å². The quantitative estimate of drug-likeness (QED) is 0.330. The molecule has 4 rings (SSSR count). The minimum atomic E-state index is -0.685. The summed E-state index contributed by atoms with van der Waals surface area (Å²) in [5.41, 5.74) is 5.88.